The molecule has 9 heteroatoms. The van der Waals surface area contributed by atoms with Gasteiger partial charge in [0.2, 0.25) is 0 Å². The van der Waals surface area contributed by atoms with Gasteiger partial charge in [-0.3, -0.25) is 9.59 Å². The van der Waals surface area contributed by atoms with Crippen molar-refractivity contribution in [3.05, 3.63) is 41.7 Å². The van der Waals surface area contributed by atoms with Gasteiger partial charge in [0.15, 0.2) is 5.69 Å². The molecular weight excluding hydrogens is 330 g/mol. The van der Waals surface area contributed by atoms with Crippen LogP contribution in [0.1, 0.15) is 22.6 Å². The number of ether oxygens (including phenoxy) is 1. The van der Waals surface area contributed by atoms with E-state index in [-0.39, 0.29) is 5.69 Å². The normalized spacial score (nSPS) is 11.6. The second-order valence-corrected chi connectivity index (χ2v) is 5.24. The zero-order valence-corrected chi connectivity index (χ0v) is 13.6. The minimum absolute atomic E-state index is 0.00930. The molecule has 0 saturated carbocycles. The number of amides is 1. The fourth-order valence-corrected chi connectivity index (χ4v) is 2.18. The van der Waals surface area contributed by atoms with Crippen molar-refractivity contribution >= 4 is 17.8 Å². The van der Waals surface area contributed by atoms with E-state index in [2.05, 4.69) is 10.4 Å². The summed E-state index contributed by atoms with van der Waals surface area (Å²) in [6, 6.07) is 6.94. The van der Waals surface area contributed by atoms with Crippen molar-refractivity contribution in [1.82, 2.24) is 15.1 Å². The van der Waals surface area contributed by atoms with Crippen molar-refractivity contribution in [2.45, 2.75) is 19.4 Å². The minimum Gasteiger partial charge on any atom is -0.497 e. The van der Waals surface area contributed by atoms with Gasteiger partial charge in [-0.15, -0.1) is 0 Å². The number of aryl methyl sites for hydroxylation is 1. The lowest BCUT2D eigenvalue weighted by Gasteiger charge is -2.11. The Labute approximate surface area is 142 Å². The Kier molecular flexibility index (Phi) is 5.38. The molecule has 0 aliphatic rings. The molecule has 2 rings (SSSR count). The van der Waals surface area contributed by atoms with Crippen molar-refractivity contribution in [3.8, 4) is 11.4 Å². The van der Waals surface area contributed by atoms with Crippen LogP contribution in [-0.2, 0) is 9.59 Å². The van der Waals surface area contributed by atoms with Crippen molar-refractivity contribution in [3.63, 3.8) is 0 Å². The van der Waals surface area contributed by atoms with Gasteiger partial charge in [0.25, 0.3) is 5.91 Å². The number of benzene rings is 1. The first-order valence-corrected chi connectivity index (χ1v) is 7.28. The first-order chi connectivity index (χ1) is 11.8. The van der Waals surface area contributed by atoms with Crippen LogP contribution in [0.25, 0.3) is 5.69 Å². The number of aliphatic carboxylic acids is 2. The number of nitrogens with one attached hydrogen (secondary N) is 1. The highest BCUT2D eigenvalue weighted by molar-refractivity contribution is 5.96. The Morgan fingerprint density at radius 2 is 1.88 bits per heavy atom. The molecule has 1 heterocycles. The van der Waals surface area contributed by atoms with Gasteiger partial charge in [-0.25, -0.2) is 9.48 Å². The molecule has 0 spiro atoms. The number of hydrogen-bond acceptors (Lipinski definition) is 5. The molecule has 25 heavy (non-hydrogen) atoms. The maximum Gasteiger partial charge on any atom is 0.326 e. The van der Waals surface area contributed by atoms with Crippen molar-refractivity contribution in [2.75, 3.05) is 7.11 Å². The lowest BCUT2D eigenvalue weighted by Crippen LogP contribution is -2.42. The minimum atomic E-state index is -1.53. The Hall–Kier alpha value is -3.36. The topological polar surface area (TPSA) is 131 Å². The lowest BCUT2D eigenvalue weighted by molar-refractivity contribution is -0.145. The van der Waals surface area contributed by atoms with E-state index in [1.165, 1.54) is 10.7 Å². The first-order valence-electron chi connectivity index (χ1n) is 7.28. The van der Waals surface area contributed by atoms with Crippen molar-refractivity contribution < 1.29 is 29.3 Å². The highest BCUT2D eigenvalue weighted by atomic mass is 16.5. The van der Waals surface area contributed by atoms with Gasteiger partial charge >= 0.3 is 11.9 Å². The number of carbonyl (C=O) groups is 3. The summed E-state index contributed by atoms with van der Waals surface area (Å²) in [7, 11) is 1.55. The maximum absolute atomic E-state index is 12.2. The highest BCUT2D eigenvalue weighted by Crippen LogP contribution is 2.17. The van der Waals surface area contributed by atoms with E-state index in [1.807, 2.05) is 0 Å². The molecule has 1 unspecified atom stereocenters. The number of aromatic nitrogens is 2. The molecule has 0 aliphatic carbocycles. The van der Waals surface area contributed by atoms with Crippen LogP contribution >= 0.6 is 0 Å². The summed E-state index contributed by atoms with van der Waals surface area (Å²) in [5.74, 6) is -2.84. The number of rotatable bonds is 7. The predicted molar refractivity (Wildman–Crippen MR) is 86.0 cm³/mol. The number of methoxy groups -OCH3 is 1. The molecule has 0 bridgehead atoms. The Balaban J connectivity index is 2.21. The summed E-state index contributed by atoms with van der Waals surface area (Å²) < 4.78 is 6.59. The molecule has 1 aromatic carbocycles. The van der Waals surface area contributed by atoms with Gasteiger partial charge in [-0.2, -0.15) is 5.10 Å². The molecule has 1 aromatic heterocycles. The summed E-state index contributed by atoms with van der Waals surface area (Å²) in [5.41, 5.74) is 1.34. The van der Waals surface area contributed by atoms with E-state index >= 15 is 0 Å². The molecule has 0 saturated heterocycles. The van der Waals surface area contributed by atoms with Crippen molar-refractivity contribution in [2.24, 2.45) is 0 Å². The van der Waals surface area contributed by atoms with Gasteiger partial charge < -0.3 is 20.3 Å². The molecule has 0 fully saturated rings. The second kappa shape index (κ2) is 7.47. The van der Waals surface area contributed by atoms with Crippen LogP contribution in [0.15, 0.2) is 30.3 Å². The van der Waals surface area contributed by atoms with Crippen LogP contribution in [0.3, 0.4) is 0 Å². The van der Waals surface area contributed by atoms with Gasteiger partial charge in [0.1, 0.15) is 11.8 Å². The highest BCUT2D eigenvalue weighted by Gasteiger charge is 2.25. The fourth-order valence-electron chi connectivity index (χ4n) is 2.18. The Bertz CT molecular complexity index is 797. The predicted octanol–water partition coefficient (Wildman–Crippen LogP) is 0.847. The van der Waals surface area contributed by atoms with E-state index in [9.17, 15) is 14.4 Å². The van der Waals surface area contributed by atoms with E-state index in [4.69, 9.17) is 14.9 Å². The molecule has 2 aromatic rings. The average Bonchev–Trinajstić information content (AvgIpc) is 2.95. The third-order valence-electron chi connectivity index (χ3n) is 3.42. The second-order valence-electron chi connectivity index (χ2n) is 5.24. The zero-order chi connectivity index (χ0) is 18.6. The van der Waals surface area contributed by atoms with E-state index in [1.54, 1.807) is 38.3 Å². The van der Waals surface area contributed by atoms with Gasteiger partial charge in [-0.05, 0) is 37.3 Å². The molecular formula is C16H17N3O6. The molecule has 9 nitrogen and oxygen atoms in total. The molecule has 3 N–H and O–H groups in total. The van der Waals surface area contributed by atoms with E-state index < -0.39 is 30.3 Å². The SMILES string of the molecule is COc1ccc(-n2nc(C(=O)NC(CC(=O)O)C(=O)O)cc2C)cc1. The van der Waals surface area contributed by atoms with E-state index in [0.29, 0.717) is 17.1 Å². The maximum atomic E-state index is 12.2. The van der Waals surface area contributed by atoms with Crippen LogP contribution in [0.5, 0.6) is 5.75 Å². The van der Waals surface area contributed by atoms with Gasteiger partial charge in [0, 0.05) is 5.69 Å². The summed E-state index contributed by atoms with van der Waals surface area (Å²) >= 11 is 0. The van der Waals surface area contributed by atoms with Crippen LogP contribution in [0.2, 0.25) is 0 Å². The quantitative estimate of drug-likeness (QED) is 0.676. The molecule has 0 radical (unpaired) electrons. The Morgan fingerprint density at radius 3 is 2.40 bits per heavy atom. The van der Waals surface area contributed by atoms with Gasteiger partial charge in [-0.1, -0.05) is 0 Å². The number of nitrogens with zero attached hydrogens (tertiary/aromatic N) is 2. The fraction of sp³-hybridized carbons (Fsp3) is 0.250. The van der Waals surface area contributed by atoms with Crippen molar-refractivity contribution in [1.29, 1.82) is 0 Å². The standard InChI is InChI=1S/C16H17N3O6/c1-9-7-12(15(22)17-13(16(23)24)8-14(20)21)18-19(9)10-3-5-11(25-2)6-4-10/h3-7,13H,8H2,1-2H3,(H,17,22)(H,20,21)(H,23,24). The van der Waals surface area contributed by atoms with Crippen LogP contribution < -0.4 is 10.1 Å². The first kappa shape index (κ1) is 18.0. The summed E-state index contributed by atoms with van der Waals surface area (Å²) in [6.45, 7) is 1.74. The summed E-state index contributed by atoms with van der Waals surface area (Å²) in [4.78, 5) is 33.9. The Morgan fingerprint density at radius 1 is 1.24 bits per heavy atom. The van der Waals surface area contributed by atoms with Crippen LogP contribution in [0, 0.1) is 6.92 Å². The monoisotopic (exact) mass is 347 g/mol. The molecule has 1 amide bonds. The van der Waals surface area contributed by atoms with Gasteiger partial charge in [0.05, 0.1) is 19.2 Å². The number of hydrogen-bond donors (Lipinski definition) is 3. The molecule has 1 atom stereocenters. The van der Waals surface area contributed by atoms with Crippen LogP contribution in [0.4, 0.5) is 0 Å². The largest absolute Gasteiger partial charge is 0.497 e. The average molecular weight is 347 g/mol. The van der Waals surface area contributed by atoms with E-state index in [0.717, 1.165) is 0 Å². The summed E-state index contributed by atoms with van der Waals surface area (Å²) in [6.07, 6.45) is -0.723. The van der Waals surface area contributed by atoms with Crippen LogP contribution in [-0.4, -0.2) is 51.0 Å². The zero-order valence-electron chi connectivity index (χ0n) is 13.6. The molecule has 132 valence electrons. The summed E-state index contributed by atoms with van der Waals surface area (Å²) in [5, 5.41) is 24.0. The smallest absolute Gasteiger partial charge is 0.326 e. The lowest BCUT2D eigenvalue weighted by atomic mass is 10.2. The third-order valence-corrected chi connectivity index (χ3v) is 3.42. The molecule has 0 aliphatic heterocycles. The number of carbonyl (C=O) groups excluding carboxylic acids is 1. The number of carboxylic acid groups (broad SMARTS) is 2. The number of carboxylic acids is 2. The third kappa shape index (κ3) is 4.34.